The van der Waals surface area contributed by atoms with Crippen molar-refractivity contribution < 1.29 is 28.6 Å². The zero-order valence-corrected chi connectivity index (χ0v) is 16.9. The molecule has 0 bridgehead atoms. The smallest absolute Gasteiger partial charge is 0.294 e. The van der Waals surface area contributed by atoms with Crippen molar-refractivity contribution in [3.8, 4) is 17.2 Å². The Bertz CT molecular complexity index is 1050. The maximum Gasteiger partial charge on any atom is 0.294 e. The first-order valence-corrected chi connectivity index (χ1v) is 10.0. The van der Waals surface area contributed by atoms with E-state index in [0.29, 0.717) is 35.1 Å². The summed E-state index contributed by atoms with van der Waals surface area (Å²) in [6.45, 7) is 2.08. The number of para-hydroxylation sites is 1. The van der Waals surface area contributed by atoms with Crippen LogP contribution < -0.4 is 19.5 Å². The molecule has 3 amide bonds. The molecule has 4 rings (SSSR count). The number of rotatable bonds is 6. The van der Waals surface area contributed by atoms with E-state index in [9.17, 15) is 14.4 Å². The van der Waals surface area contributed by atoms with Crippen molar-refractivity contribution in [2.75, 3.05) is 25.3 Å². The molecular formula is C21H18N2O6S. The second kappa shape index (κ2) is 8.50. The molecule has 8 nitrogen and oxygen atoms in total. The molecule has 0 aromatic heterocycles. The van der Waals surface area contributed by atoms with Gasteiger partial charge in [-0.05, 0) is 43.0 Å². The number of amides is 3. The average Bonchev–Trinajstić information content (AvgIpc) is 3.29. The lowest BCUT2D eigenvalue weighted by molar-refractivity contribution is -0.127. The Morgan fingerprint density at radius 1 is 1.20 bits per heavy atom. The van der Waals surface area contributed by atoms with Crippen LogP contribution in [-0.4, -0.2) is 41.9 Å². The van der Waals surface area contributed by atoms with Gasteiger partial charge < -0.3 is 19.5 Å². The molecule has 0 saturated carbocycles. The van der Waals surface area contributed by atoms with E-state index < -0.39 is 17.1 Å². The van der Waals surface area contributed by atoms with Gasteiger partial charge in [0.05, 0.1) is 11.5 Å². The van der Waals surface area contributed by atoms with Crippen molar-refractivity contribution in [3.05, 3.63) is 52.9 Å². The van der Waals surface area contributed by atoms with Gasteiger partial charge in [0, 0.05) is 17.3 Å². The van der Waals surface area contributed by atoms with Gasteiger partial charge in [-0.2, -0.15) is 0 Å². The van der Waals surface area contributed by atoms with Crippen LogP contribution in [-0.2, 0) is 9.59 Å². The summed E-state index contributed by atoms with van der Waals surface area (Å²) in [5, 5.41) is 2.16. The first-order valence-electron chi connectivity index (χ1n) is 9.22. The molecule has 2 aliphatic heterocycles. The largest absolute Gasteiger partial charge is 0.493 e. The Balaban J connectivity index is 1.45. The molecule has 1 fully saturated rings. The molecule has 154 valence electrons. The van der Waals surface area contributed by atoms with Crippen LogP contribution in [0.15, 0.2) is 47.4 Å². The van der Waals surface area contributed by atoms with Crippen LogP contribution >= 0.6 is 11.8 Å². The predicted octanol–water partition coefficient (Wildman–Crippen LogP) is 3.49. The Kier molecular flexibility index (Phi) is 5.62. The number of nitrogens with one attached hydrogen (secondary N) is 1. The van der Waals surface area contributed by atoms with E-state index in [0.717, 1.165) is 16.7 Å². The lowest BCUT2D eigenvalue weighted by Gasteiger charge is -2.12. The fraction of sp³-hybridized carbons (Fsp3) is 0.190. The van der Waals surface area contributed by atoms with E-state index in [1.807, 2.05) is 19.1 Å². The van der Waals surface area contributed by atoms with Crippen LogP contribution in [0.3, 0.4) is 0 Å². The molecule has 0 aliphatic carbocycles. The van der Waals surface area contributed by atoms with Gasteiger partial charge in [0.15, 0.2) is 11.5 Å². The Labute approximate surface area is 176 Å². The molecule has 0 unspecified atom stereocenters. The van der Waals surface area contributed by atoms with E-state index in [-0.39, 0.29) is 18.2 Å². The number of hydrogen-bond donors (Lipinski definition) is 1. The van der Waals surface area contributed by atoms with Gasteiger partial charge in [-0.3, -0.25) is 19.3 Å². The summed E-state index contributed by atoms with van der Waals surface area (Å²) in [5.74, 6) is 0.725. The summed E-state index contributed by atoms with van der Waals surface area (Å²) < 4.78 is 16.1. The third-order valence-electron chi connectivity index (χ3n) is 4.34. The Morgan fingerprint density at radius 3 is 2.83 bits per heavy atom. The lowest BCUT2D eigenvalue weighted by atomic mass is 10.2. The first kappa shape index (κ1) is 19.8. The number of carbonyl (C=O) groups excluding carboxylic acids is 3. The van der Waals surface area contributed by atoms with Crippen LogP contribution in [0.4, 0.5) is 10.5 Å². The van der Waals surface area contributed by atoms with Gasteiger partial charge in [-0.15, -0.1) is 0 Å². The number of imide groups is 1. The molecule has 30 heavy (non-hydrogen) atoms. The fourth-order valence-corrected chi connectivity index (χ4v) is 3.81. The predicted molar refractivity (Wildman–Crippen MR) is 111 cm³/mol. The van der Waals surface area contributed by atoms with Crippen LogP contribution in [0.2, 0.25) is 0 Å². The third kappa shape index (κ3) is 4.11. The van der Waals surface area contributed by atoms with Crippen LogP contribution in [0.25, 0.3) is 6.08 Å². The Morgan fingerprint density at radius 2 is 2.00 bits per heavy atom. The third-order valence-corrected chi connectivity index (χ3v) is 5.24. The second-order valence-corrected chi connectivity index (χ2v) is 7.35. The van der Waals surface area contributed by atoms with Crippen molar-refractivity contribution in [1.82, 2.24) is 4.90 Å². The molecule has 1 N–H and O–H groups in total. The minimum absolute atomic E-state index is 0.127. The first-order chi connectivity index (χ1) is 14.5. The summed E-state index contributed by atoms with van der Waals surface area (Å²) in [5.41, 5.74) is 1.17. The molecule has 2 aliphatic rings. The SMILES string of the molecule is CCOc1ccccc1/C=C1/SC(=O)N(CC(=O)Nc2ccc3c(c2)OCO3)C1=O. The number of fused-ring (bicyclic) bond motifs is 1. The number of carbonyl (C=O) groups is 3. The van der Waals surface area contributed by atoms with Crippen molar-refractivity contribution in [1.29, 1.82) is 0 Å². The summed E-state index contributed by atoms with van der Waals surface area (Å²) >= 11 is 0.794. The lowest BCUT2D eigenvalue weighted by Crippen LogP contribution is -2.36. The van der Waals surface area contributed by atoms with Gasteiger partial charge in [-0.25, -0.2) is 0 Å². The molecule has 2 heterocycles. The van der Waals surface area contributed by atoms with Crippen LogP contribution in [0.1, 0.15) is 12.5 Å². The summed E-state index contributed by atoms with van der Waals surface area (Å²) in [6, 6.07) is 12.2. The molecule has 0 atom stereocenters. The number of thioether (sulfide) groups is 1. The van der Waals surface area contributed by atoms with Crippen molar-refractivity contribution in [2.24, 2.45) is 0 Å². The van der Waals surface area contributed by atoms with E-state index >= 15 is 0 Å². The van der Waals surface area contributed by atoms with Gasteiger partial charge >= 0.3 is 0 Å². The normalized spacial score (nSPS) is 16.3. The maximum absolute atomic E-state index is 12.7. The van der Waals surface area contributed by atoms with E-state index in [2.05, 4.69) is 5.32 Å². The number of anilines is 1. The highest BCUT2D eigenvalue weighted by molar-refractivity contribution is 8.18. The Hall–Kier alpha value is -3.46. The van der Waals surface area contributed by atoms with Gasteiger partial charge in [0.1, 0.15) is 12.3 Å². The van der Waals surface area contributed by atoms with Gasteiger partial charge in [-0.1, -0.05) is 18.2 Å². The molecule has 2 aromatic rings. The number of hydrogen-bond acceptors (Lipinski definition) is 7. The monoisotopic (exact) mass is 426 g/mol. The fourth-order valence-electron chi connectivity index (χ4n) is 2.98. The minimum atomic E-state index is -0.517. The van der Waals surface area contributed by atoms with Gasteiger partial charge in [0.2, 0.25) is 12.7 Å². The van der Waals surface area contributed by atoms with Crippen molar-refractivity contribution in [3.63, 3.8) is 0 Å². The molecule has 0 spiro atoms. The maximum atomic E-state index is 12.7. The highest BCUT2D eigenvalue weighted by Crippen LogP contribution is 2.35. The van der Waals surface area contributed by atoms with E-state index in [4.69, 9.17) is 14.2 Å². The summed E-state index contributed by atoms with van der Waals surface area (Å²) in [6.07, 6.45) is 1.60. The highest BCUT2D eigenvalue weighted by atomic mass is 32.2. The van der Waals surface area contributed by atoms with E-state index in [1.54, 1.807) is 36.4 Å². The van der Waals surface area contributed by atoms with Gasteiger partial charge in [0.25, 0.3) is 11.1 Å². The zero-order chi connectivity index (χ0) is 21.1. The summed E-state index contributed by atoms with van der Waals surface area (Å²) in [4.78, 5) is 38.5. The topological polar surface area (TPSA) is 94.2 Å². The van der Waals surface area contributed by atoms with Crippen molar-refractivity contribution >= 4 is 40.6 Å². The zero-order valence-electron chi connectivity index (χ0n) is 16.0. The van der Waals surface area contributed by atoms with E-state index in [1.165, 1.54) is 0 Å². The number of nitrogens with zero attached hydrogens (tertiary/aromatic N) is 1. The van der Waals surface area contributed by atoms with Crippen LogP contribution in [0, 0.1) is 0 Å². The number of ether oxygens (including phenoxy) is 3. The van der Waals surface area contributed by atoms with Crippen molar-refractivity contribution in [2.45, 2.75) is 6.92 Å². The molecule has 9 heteroatoms. The quantitative estimate of drug-likeness (QED) is 0.707. The summed E-state index contributed by atoms with van der Waals surface area (Å²) in [7, 11) is 0. The standard InChI is InChI=1S/C21H18N2O6S/c1-2-27-15-6-4-3-5-13(15)9-18-20(25)23(21(26)30-18)11-19(24)22-14-7-8-16-17(10-14)29-12-28-16/h3-10H,2,11-12H2,1H3,(H,22,24)/b18-9+. The minimum Gasteiger partial charge on any atom is -0.493 e. The molecule has 0 radical (unpaired) electrons. The average molecular weight is 426 g/mol. The molecule has 2 aromatic carbocycles. The number of benzene rings is 2. The highest BCUT2D eigenvalue weighted by Gasteiger charge is 2.36. The van der Waals surface area contributed by atoms with Crippen LogP contribution in [0.5, 0.6) is 17.2 Å². The molecular weight excluding hydrogens is 408 g/mol. The second-order valence-electron chi connectivity index (χ2n) is 6.35. The molecule has 1 saturated heterocycles.